The van der Waals surface area contributed by atoms with E-state index in [1.807, 2.05) is 32.0 Å². The average Bonchev–Trinajstić information content (AvgIpc) is 3.36. The monoisotopic (exact) mass is 398 g/mol. The summed E-state index contributed by atoms with van der Waals surface area (Å²) in [7, 11) is 0. The minimum Gasteiger partial charge on any atom is -0.456 e. The number of hydrogen-bond donors (Lipinski definition) is 1. The predicted octanol–water partition coefficient (Wildman–Crippen LogP) is 2.21. The van der Waals surface area contributed by atoms with Gasteiger partial charge in [-0.15, -0.1) is 0 Å². The molecule has 0 unspecified atom stereocenters. The molecule has 7 nitrogen and oxygen atoms in total. The molecule has 4 rings (SSSR count). The Kier molecular flexibility index (Phi) is 5.15. The van der Waals surface area contributed by atoms with Crippen LogP contribution in [-0.4, -0.2) is 41.7 Å². The van der Waals surface area contributed by atoms with E-state index in [-0.39, 0.29) is 36.6 Å². The Bertz CT molecular complexity index is 832. The molecule has 154 valence electrons. The van der Waals surface area contributed by atoms with Crippen molar-refractivity contribution in [3.05, 3.63) is 29.3 Å². The van der Waals surface area contributed by atoms with Crippen molar-refractivity contribution < 1.29 is 23.9 Å². The largest absolute Gasteiger partial charge is 0.456 e. The summed E-state index contributed by atoms with van der Waals surface area (Å²) in [6.07, 6.45) is 2.94. The number of aryl methyl sites for hydroxylation is 2. The van der Waals surface area contributed by atoms with Gasteiger partial charge in [-0.3, -0.25) is 24.1 Å². The second-order valence-corrected chi connectivity index (χ2v) is 8.44. The van der Waals surface area contributed by atoms with Crippen LogP contribution in [0.15, 0.2) is 18.2 Å². The number of amides is 3. The number of likely N-dealkylation sites (tertiary alicyclic amines) is 1. The molecule has 3 fully saturated rings. The second kappa shape index (κ2) is 7.61. The first-order chi connectivity index (χ1) is 13.9. The minimum absolute atomic E-state index is 0.0292. The summed E-state index contributed by atoms with van der Waals surface area (Å²) < 4.78 is 5.03. The van der Waals surface area contributed by atoms with E-state index in [1.54, 1.807) is 0 Å². The van der Waals surface area contributed by atoms with Crippen LogP contribution < -0.4 is 5.32 Å². The molecule has 2 aliphatic carbocycles. The lowest BCUT2D eigenvalue weighted by Crippen LogP contribution is -2.35. The van der Waals surface area contributed by atoms with Gasteiger partial charge in [-0.25, -0.2) is 0 Å². The number of carbonyl (C=O) groups excluding carboxylic acids is 4. The summed E-state index contributed by atoms with van der Waals surface area (Å²) in [6.45, 7) is 3.41. The molecule has 7 heteroatoms. The summed E-state index contributed by atoms with van der Waals surface area (Å²) in [5.74, 6) is -0.988. The van der Waals surface area contributed by atoms with Crippen molar-refractivity contribution >= 4 is 29.4 Å². The van der Waals surface area contributed by atoms with Gasteiger partial charge >= 0.3 is 5.97 Å². The molecular formula is C22H26N2O5. The molecular weight excluding hydrogens is 372 g/mol. The SMILES string of the molecule is Cc1cccc(C)c1NC(=O)COC(=O)CCN1C(=O)[C@@H]2[C@H]3CC[C@@H](C3)[C@@H]2C1=O. The summed E-state index contributed by atoms with van der Waals surface area (Å²) in [5, 5.41) is 2.75. The summed E-state index contributed by atoms with van der Waals surface area (Å²) in [5.41, 5.74) is 2.56. The van der Waals surface area contributed by atoms with Crippen molar-refractivity contribution in [3.63, 3.8) is 0 Å². The number of ether oxygens (including phenoxy) is 1. The zero-order valence-corrected chi connectivity index (χ0v) is 16.8. The van der Waals surface area contributed by atoms with E-state index in [0.717, 1.165) is 30.4 Å². The van der Waals surface area contributed by atoms with E-state index >= 15 is 0 Å². The zero-order valence-electron chi connectivity index (χ0n) is 16.8. The number of fused-ring (bicyclic) bond motifs is 5. The molecule has 1 N–H and O–H groups in total. The number of benzene rings is 1. The maximum Gasteiger partial charge on any atom is 0.308 e. The topological polar surface area (TPSA) is 92.8 Å². The van der Waals surface area contributed by atoms with Gasteiger partial charge in [0.25, 0.3) is 5.91 Å². The van der Waals surface area contributed by atoms with Crippen LogP contribution in [0.3, 0.4) is 0 Å². The minimum atomic E-state index is -0.595. The van der Waals surface area contributed by atoms with Crippen molar-refractivity contribution in [2.45, 2.75) is 39.5 Å². The average molecular weight is 398 g/mol. The molecule has 3 aliphatic rings. The Morgan fingerprint density at radius 3 is 2.24 bits per heavy atom. The normalized spacial score (nSPS) is 27.3. The first-order valence-electron chi connectivity index (χ1n) is 10.2. The third kappa shape index (κ3) is 3.54. The van der Waals surface area contributed by atoms with Crippen molar-refractivity contribution in [2.24, 2.45) is 23.7 Å². The fourth-order valence-corrected chi connectivity index (χ4v) is 5.30. The van der Waals surface area contributed by atoms with Gasteiger partial charge in [-0.05, 0) is 56.1 Å². The molecule has 0 radical (unpaired) electrons. The quantitative estimate of drug-likeness (QED) is 0.586. The molecule has 1 aromatic carbocycles. The lowest BCUT2D eigenvalue weighted by atomic mass is 9.81. The number of nitrogens with zero attached hydrogens (tertiary/aromatic N) is 1. The standard InChI is InChI=1S/C22H26N2O5/c1-12-4-3-5-13(2)20(12)23-16(25)11-29-17(26)8-9-24-21(27)18-14-6-7-15(10-14)19(18)22(24)28/h3-5,14-15,18-19H,6-11H2,1-2H3,(H,23,25)/t14-,15-,18-,19+/m0/s1. The number of anilines is 1. The van der Waals surface area contributed by atoms with Gasteiger partial charge in [0.05, 0.1) is 18.3 Å². The van der Waals surface area contributed by atoms with E-state index in [0.29, 0.717) is 17.5 Å². The molecule has 1 aromatic rings. The molecule has 4 atom stereocenters. The Balaban J connectivity index is 1.25. The summed E-state index contributed by atoms with van der Waals surface area (Å²) in [6, 6.07) is 5.68. The Morgan fingerprint density at radius 1 is 1.07 bits per heavy atom. The molecule has 0 spiro atoms. The highest BCUT2D eigenvalue weighted by molar-refractivity contribution is 6.06. The molecule has 0 aromatic heterocycles. The first kappa shape index (κ1) is 19.6. The van der Waals surface area contributed by atoms with Crippen LogP contribution >= 0.6 is 0 Å². The van der Waals surface area contributed by atoms with Crippen LogP contribution in [0, 0.1) is 37.5 Å². The van der Waals surface area contributed by atoms with Crippen molar-refractivity contribution in [2.75, 3.05) is 18.5 Å². The van der Waals surface area contributed by atoms with E-state index in [2.05, 4.69) is 5.32 Å². The molecule has 29 heavy (non-hydrogen) atoms. The van der Waals surface area contributed by atoms with Gasteiger partial charge in [-0.1, -0.05) is 18.2 Å². The fourth-order valence-electron chi connectivity index (χ4n) is 5.30. The predicted molar refractivity (Wildman–Crippen MR) is 105 cm³/mol. The first-order valence-corrected chi connectivity index (χ1v) is 10.2. The van der Waals surface area contributed by atoms with Crippen LogP contribution in [0.2, 0.25) is 0 Å². The van der Waals surface area contributed by atoms with Crippen molar-refractivity contribution in [1.82, 2.24) is 4.90 Å². The Hall–Kier alpha value is -2.70. The number of rotatable bonds is 6. The highest BCUT2D eigenvalue weighted by Crippen LogP contribution is 2.56. The van der Waals surface area contributed by atoms with Crippen molar-refractivity contribution in [3.8, 4) is 0 Å². The van der Waals surface area contributed by atoms with Gasteiger partial charge in [-0.2, -0.15) is 0 Å². The number of esters is 1. The third-order valence-corrected chi connectivity index (χ3v) is 6.67. The molecule has 3 amide bonds. The smallest absolute Gasteiger partial charge is 0.308 e. The van der Waals surface area contributed by atoms with Crippen LogP contribution in [0.1, 0.15) is 36.8 Å². The molecule has 1 saturated heterocycles. The van der Waals surface area contributed by atoms with E-state index < -0.39 is 18.5 Å². The van der Waals surface area contributed by atoms with Crippen LogP contribution in [0.4, 0.5) is 5.69 Å². The van der Waals surface area contributed by atoms with Crippen LogP contribution in [0.5, 0.6) is 0 Å². The number of imide groups is 1. The maximum atomic E-state index is 12.6. The zero-order chi connectivity index (χ0) is 20.7. The van der Waals surface area contributed by atoms with Crippen LogP contribution in [-0.2, 0) is 23.9 Å². The van der Waals surface area contributed by atoms with E-state index in [9.17, 15) is 19.2 Å². The van der Waals surface area contributed by atoms with Gasteiger partial charge in [0, 0.05) is 12.2 Å². The van der Waals surface area contributed by atoms with Crippen LogP contribution in [0.25, 0.3) is 0 Å². The highest BCUT2D eigenvalue weighted by atomic mass is 16.5. The molecule has 1 heterocycles. The fraction of sp³-hybridized carbons (Fsp3) is 0.545. The molecule has 1 aliphatic heterocycles. The number of nitrogens with one attached hydrogen (secondary N) is 1. The Labute approximate surface area is 169 Å². The van der Waals surface area contributed by atoms with Gasteiger partial charge in [0.1, 0.15) is 0 Å². The van der Waals surface area contributed by atoms with Gasteiger partial charge in [0.2, 0.25) is 11.8 Å². The lowest BCUT2D eigenvalue weighted by molar-refractivity contribution is -0.149. The number of para-hydroxylation sites is 1. The van der Waals surface area contributed by atoms with E-state index in [4.69, 9.17) is 4.74 Å². The number of carbonyl (C=O) groups is 4. The molecule has 2 saturated carbocycles. The van der Waals surface area contributed by atoms with Gasteiger partial charge in [0.15, 0.2) is 6.61 Å². The lowest BCUT2D eigenvalue weighted by Gasteiger charge is -2.19. The Morgan fingerprint density at radius 2 is 1.66 bits per heavy atom. The van der Waals surface area contributed by atoms with Gasteiger partial charge < -0.3 is 10.1 Å². The second-order valence-electron chi connectivity index (χ2n) is 8.44. The summed E-state index contributed by atoms with van der Waals surface area (Å²) >= 11 is 0. The maximum absolute atomic E-state index is 12.6. The third-order valence-electron chi connectivity index (χ3n) is 6.67. The molecule has 2 bridgehead atoms. The highest BCUT2D eigenvalue weighted by Gasteiger charge is 2.60. The van der Waals surface area contributed by atoms with Crippen molar-refractivity contribution in [1.29, 1.82) is 0 Å². The number of hydrogen-bond acceptors (Lipinski definition) is 5. The summed E-state index contributed by atoms with van der Waals surface area (Å²) in [4.78, 5) is 50.6. The van der Waals surface area contributed by atoms with E-state index in [1.165, 1.54) is 4.90 Å².